The Labute approximate surface area is 86.8 Å². The summed E-state index contributed by atoms with van der Waals surface area (Å²) in [5.41, 5.74) is 1.13. The second-order valence-electron chi connectivity index (χ2n) is 3.23. The Hall–Kier alpha value is -1.06. The number of methoxy groups -OCH3 is 1. The maximum Gasteiger partial charge on any atom is 0.123 e. The molecule has 14 heavy (non-hydrogen) atoms. The van der Waals surface area contributed by atoms with Gasteiger partial charge >= 0.3 is 0 Å². The topological polar surface area (TPSA) is 29.5 Å². The van der Waals surface area contributed by atoms with E-state index in [9.17, 15) is 0 Å². The average Bonchev–Trinajstić information content (AvgIpc) is 2.58. The fourth-order valence-corrected chi connectivity index (χ4v) is 2.47. The number of benzene rings is 1. The van der Waals surface area contributed by atoms with E-state index in [0.29, 0.717) is 0 Å². The van der Waals surface area contributed by atoms with Crippen LogP contribution in [0.15, 0.2) is 18.2 Å². The summed E-state index contributed by atoms with van der Waals surface area (Å²) >= 11 is 1.61. The number of aliphatic hydroxyl groups excluding tert-OH is 1. The van der Waals surface area contributed by atoms with Gasteiger partial charge in [0, 0.05) is 9.58 Å². The number of rotatable bonds is 2. The van der Waals surface area contributed by atoms with Gasteiger partial charge < -0.3 is 9.84 Å². The molecule has 1 aromatic carbocycles. The minimum Gasteiger partial charge on any atom is -0.496 e. The van der Waals surface area contributed by atoms with Crippen LogP contribution in [0.1, 0.15) is 10.4 Å². The average molecular weight is 208 g/mol. The van der Waals surface area contributed by atoms with Gasteiger partial charge in [0.25, 0.3) is 0 Å². The van der Waals surface area contributed by atoms with Gasteiger partial charge in [-0.15, -0.1) is 11.3 Å². The highest BCUT2D eigenvalue weighted by Gasteiger charge is 2.05. The molecule has 0 bridgehead atoms. The van der Waals surface area contributed by atoms with Crippen molar-refractivity contribution in [2.45, 2.75) is 13.5 Å². The minimum atomic E-state index is 0.112. The molecule has 0 radical (unpaired) electrons. The maximum absolute atomic E-state index is 9.01. The predicted molar refractivity (Wildman–Crippen MR) is 59.0 cm³/mol. The zero-order valence-corrected chi connectivity index (χ0v) is 9.02. The summed E-state index contributed by atoms with van der Waals surface area (Å²) in [6.45, 7) is 2.13. The first-order valence-corrected chi connectivity index (χ1v) is 5.24. The Kier molecular flexibility index (Phi) is 2.44. The fraction of sp³-hybridized carbons (Fsp3) is 0.273. The van der Waals surface area contributed by atoms with Gasteiger partial charge in [0.15, 0.2) is 0 Å². The molecule has 0 atom stereocenters. The van der Waals surface area contributed by atoms with E-state index in [2.05, 4.69) is 6.07 Å². The van der Waals surface area contributed by atoms with Gasteiger partial charge in [-0.1, -0.05) is 0 Å². The van der Waals surface area contributed by atoms with Gasteiger partial charge in [-0.2, -0.15) is 0 Å². The van der Waals surface area contributed by atoms with Crippen LogP contribution in [-0.2, 0) is 6.61 Å². The van der Waals surface area contributed by atoms with Gasteiger partial charge in [-0.3, -0.25) is 0 Å². The van der Waals surface area contributed by atoms with Crippen molar-refractivity contribution in [2.24, 2.45) is 0 Å². The molecule has 1 heterocycles. The number of fused-ring (bicyclic) bond motifs is 1. The molecule has 2 aromatic rings. The van der Waals surface area contributed by atoms with Crippen molar-refractivity contribution in [1.29, 1.82) is 0 Å². The molecule has 2 nitrogen and oxygen atoms in total. The van der Waals surface area contributed by atoms with Crippen LogP contribution < -0.4 is 4.74 Å². The third-order valence-electron chi connectivity index (χ3n) is 2.24. The highest BCUT2D eigenvalue weighted by Crippen LogP contribution is 2.31. The third-order valence-corrected chi connectivity index (χ3v) is 3.32. The van der Waals surface area contributed by atoms with Crippen molar-refractivity contribution in [2.75, 3.05) is 7.11 Å². The third kappa shape index (κ3) is 1.49. The lowest BCUT2D eigenvalue weighted by Crippen LogP contribution is -1.85. The number of hydrogen-bond donors (Lipinski definition) is 1. The fourth-order valence-electron chi connectivity index (χ4n) is 1.53. The largest absolute Gasteiger partial charge is 0.496 e. The van der Waals surface area contributed by atoms with Crippen molar-refractivity contribution >= 4 is 21.4 Å². The lowest BCUT2D eigenvalue weighted by molar-refractivity contribution is 0.285. The predicted octanol–water partition coefficient (Wildman–Crippen LogP) is 2.71. The lowest BCUT2D eigenvalue weighted by atomic mass is 10.1. The second kappa shape index (κ2) is 3.59. The summed E-state index contributed by atoms with van der Waals surface area (Å²) in [7, 11) is 1.68. The standard InChI is InChI=1S/C11H12O2S/c1-7-3-8-4-9(6-12)14-11(8)5-10(7)13-2/h3-5,12H,6H2,1-2H3. The van der Waals surface area contributed by atoms with Crippen molar-refractivity contribution in [1.82, 2.24) is 0 Å². The van der Waals surface area contributed by atoms with Crippen LogP contribution in [0.3, 0.4) is 0 Å². The zero-order chi connectivity index (χ0) is 10.1. The van der Waals surface area contributed by atoms with Crippen LogP contribution in [-0.4, -0.2) is 12.2 Å². The van der Waals surface area contributed by atoms with Crippen LogP contribution >= 0.6 is 11.3 Å². The Bertz CT molecular complexity index is 460. The maximum atomic E-state index is 9.01. The van der Waals surface area contributed by atoms with Crippen LogP contribution in [0, 0.1) is 6.92 Å². The number of thiophene rings is 1. The Morgan fingerprint density at radius 2 is 2.14 bits per heavy atom. The van der Waals surface area contributed by atoms with Crippen LogP contribution in [0.5, 0.6) is 5.75 Å². The van der Waals surface area contributed by atoms with Gasteiger partial charge in [0.1, 0.15) is 5.75 Å². The summed E-state index contributed by atoms with van der Waals surface area (Å²) in [6.07, 6.45) is 0. The molecule has 0 saturated heterocycles. The van der Waals surface area contributed by atoms with Crippen LogP contribution in [0.25, 0.3) is 10.1 Å². The molecule has 1 aromatic heterocycles. The lowest BCUT2D eigenvalue weighted by Gasteiger charge is -2.03. The molecular formula is C11H12O2S. The molecule has 1 N–H and O–H groups in total. The van der Waals surface area contributed by atoms with Crippen molar-refractivity contribution in [3.63, 3.8) is 0 Å². The molecule has 3 heteroatoms. The molecule has 2 rings (SSSR count). The van der Waals surface area contributed by atoms with Crippen LogP contribution in [0.4, 0.5) is 0 Å². The molecule has 74 valence electrons. The van der Waals surface area contributed by atoms with Gasteiger partial charge in [0.05, 0.1) is 13.7 Å². The van der Waals surface area contributed by atoms with E-state index in [1.165, 1.54) is 5.39 Å². The van der Waals surface area contributed by atoms with Gasteiger partial charge in [0.2, 0.25) is 0 Å². The zero-order valence-electron chi connectivity index (χ0n) is 8.20. The summed E-state index contributed by atoms with van der Waals surface area (Å²) in [4.78, 5) is 0.993. The summed E-state index contributed by atoms with van der Waals surface area (Å²) in [5.74, 6) is 0.906. The Morgan fingerprint density at radius 1 is 1.36 bits per heavy atom. The number of ether oxygens (including phenoxy) is 1. The smallest absolute Gasteiger partial charge is 0.123 e. The van der Waals surface area contributed by atoms with E-state index in [1.54, 1.807) is 18.4 Å². The summed E-state index contributed by atoms with van der Waals surface area (Å²) in [6, 6.07) is 6.13. The van der Waals surface area contributed by atoms with E-state index in [0.717, 1.165) is 20.9 Å². The molecule has 0 saturated carbocycles. The number of aliphatic hydroxyl groups is 1. The summed E-state index contributed by atoms with van der Waals surface area (Å²) in [5, 5.41) is 10.2. The Morgan fingerprint density at radius 3 is 2.79 bits per heavy atom. The molecule has 0 amide bonds. The van der Waals surface area contributed by atoms with E-state index in [-0.39, 0.29) is 6.61 Å². The van der Waals surface area contributed by atoms with Crippen molar-refractivity contribution in [3.8, 4) is 5.75 Å². The van der Waals surface area contributed by atoms with Gasteiger partial charge in [-0.25, -0.2) is 0 Å². The molecule has 0 aliphatic rings. The highest BCUT2D eigenvalue weighted by atomic mass is 32.1. The Balaban J connectivity index is 2.64. The molecule has 0 unspecified atom stereocenters. The minimum absolute atomic E-state index is 0.112. The first kappa shape index (κ1) is 9.49. The van der Waals surface area contributed by atoms with Crippen LogP contribution in [0.2, 0.25) is 0 Å². The monoisotopic (exact) mass is 208 g/mol. The highest BCUT2D eigenvalue weighted by molar-refractivity contribution is 7.19. The second-order valence-corrected chi connectivity index (χ2v) is 4.40. The first-order chi connectivity index (χ1) is 6.74. The number of hydrogen-bond acceptors (Lipinski definition) is 3. The molecule has 0 spiro atoms. The van der Waals surface area contributed by atoms with E-state index >= 15 is 0 Å². The molecule has 0 fully saturated rings. The number of aryl methyl sites for hydroxylation is 1. The molecule has 0 aliphatic heterocycles. The molecule has 0 aliphatic carbocycles. The van der Waals surface area contributed by atoms with E-state index in [1.807, 2.05) is 19.1 Å². The van der Waals surface area contributed by atoms with Crippen molar-refractivity contribution in [3.05, 3.63) is 28.6 Å². The quantitative estimate of drug-likeness (QED) is 0.822. The van der Waals surface area contributed by atoms with E-state index < -0.39 is 0 Å². The first-order valence-electron chi connectivity index (χ1n) is 4.42. The summed E-state index contributed by atoms with van der Waals surface area (Å²) < 4.78 is 6.40. The van der Waals surface area contributed by atoms with Crippen molar-refractivity contribution < 1.29 is 9.84 Å². The van der Waals surface area contributed by atoms with E-state index in [4.69, 9.17) is 9.84 Å². The SMILES string of the molecule is COc1cc2sc(CO)cc2cc1C. The van der Waals surface area contributed by atoms with Gasteiger partial charge in [-0.05, 0) is 36.1 Å². The normalized spacial score (nSPS) is 10.8. The molecular weight excluding hydrogens is 196 g/mol.